The molecule has 0 N–H and O–H groups in total. The molecule has 0 atom stereocenters. The number of thiophene rings is 2. The lowest BCUT2D eigenvalue weighted by Gasteiger charge is -2.09. The second kappa shape index (κ2) is 12.8. The van der Waals surface area contributed by atoms with Crippen molar-refractivity contribution < 1.29 is 0 Å². The number of benzene rings is 8. The zero-order valence-corrected chi connectivity index (χ0v) is 32.1. The predicted octanol–water partition coefficient (Wildman–Crippen LogP) is 14.4. The molecule has 266 valence electrons. The summed E-state index contributed by atoms with van der Waals surface area (Å²) < 4.78 is 7.44. The van der Waals surface area contributed by atoms with Crippen LogP contribution in [0.4, 0.5) is 0 Å². The van der Waals surface area contributed by atoms with E-state index < -0.39 is 0 Å². The van der Waals surface area contributed by atoms with Crippen molar-refractivity contribution in [2.75, 3.05) is 0 Å². The first-order valence-electron chi connectivity index (χ1n) is 19.0. The van der Waals surface area contributed by atoms with Crippen LogP contribution in [0.2, 0.25) is 0 Å². The van der Waals surface area contributed by atoms with E-state index in [1.54, 1.807) is 11.3 Å². The van der Waals surface area contributed by atoms with Crippen molar-refractivity contribution in [3.8, 4) is 51.0 Å². The van der Waals surface area contributed by atoms with Gasteiger partial charge in [0, 0.05) is 63.1 Å². The summed E-state index contributed by atoms with van der Waals surface area (Å²) in [5.41, 5.74) is 9.06. The van der Waals surface area contributed by atoms with Gasteiger partial charge in [-0.15, -0.1) is 22.7 Å². The Kier molecular flexibility index (Phi) is 7.24. The maximum atomic E-state index is 5.08. The Balaban J connectivity index is 1.02. The second-order valence-corrected chi connectivity index (χ2v) is 16.4. The number of rotatable bonds is 5. The lowest BCUT2D eigenvalue weighted by atomic mass is 10.00. The van der Waals surface area contributed by atoms with E-state index in [0.29, 0.717) is 17.5 Å². The van der Waals surface area contributed by atoms with Gasteiger partial charge in [0.05, 0.1) is 21.4 Å². The van der Waals surface area contributed by atoms with Crippen LogP contribution in [0.1, 0.15) is 0 Å². The molecule has 0 amide bonds. The minimum absolute atomic E-state index is 0.664. The van der Waals surface area contributed by atoms with Crippen molar-refractivity contribution in [3.05, 3.63) is 182 Å². The normalized spacial score (nSPS) is 11.9. The highest BCUT2D eigenvalue weighted by atomic mass is 32.1. The molecule has 0 aliphatic heterocycles. The monoisotopic (exact) mass is 762 g/mol. The fourth-order valence-electron chi connectivity index (χ4n) is 8.46. The fourth-order valence-corrected chi connectivity index (χ4v) is 11.0. The van der Waals surface area contributed by atoms with Crippen molar-refractivity contribution in [2.45, 2.75) is 0 Å². The van der Waals surface area contributed by atoms with E-state index in [1.807, 2.05) is 47.7 Å². The number of fused-ring (bicyclic) bond motifs is 9. The molecule has 4 aromatic heterocycles. The largest absolute Gasteiger partial charge is 0.308 e. The molecular weight excluding hydrogens is 733 g/mol. The third-order valence-corrected chi connectivity index (χ3v) is 13.6. The lowest BCUT2D eigenvalue weighted by molar-refractivity contribution is 1.08. The van der Waals surface area contributed by atoms with Crippen molar-refractivity contribution in [3.63, 3.8) is 0 Å². The maximum absolute atomic E-state index is 5.08. The van der Waals surface area contributed by atoms with Gasteiger partial charge < -0.3 is 4.57 Å². The van der Waals surface area contributed by atoms with Gasteiger partial charge in [0.1, 0.15) is 0 Å². The summed E-state index contributed by atoms with van der Waals surface area (Å²) in [6.07, 6.45) is 0. The molecule has 4 nitrogen and oxygen atoms in total. The van der Waals surface area contributed by atoms with Crippen LogP contribution in [-0.2, 0) is 0 Å². The lowest BCUT2D eigenvalue weighted by Crippen LogP contribution is -2.00. The van der Waals surface area contributed by atoms with E-state index in [9.17, 15) is 0 Å². The Labute approximate surface area is 335 Å². The molecule has 0 fully saturated rings. The van der Waals surface area contributed by atoms with Gasteiger partial charge in [0.2, 0.25) is 0 Å². The number of aromatic nitrogens is 4. The minimum atomic E-state index is 0.664. The van der Waals surface area contributed by atoms with E-state index in [-0.39, 0.29) is 0 Å². The van der Waals surface area contributed by atoms with Crippen LogP contribution in [0.3, 0.4) is 0 Å². The van der Waals surface area contributed by atoms with Gasteiger partial charge in [-0.2, -0.15) is 0 Å². The summed E-state index contributed by atoms with van der Waals surface area (Å²) in [5.74, 6) is 2.00. The number of para-hydroxylation sites is 2. The molecule has 4 heterocycles. The number of nitrogens with zero attached hydrogens (tertiary/aromatic N) is 4. The molecule has 0 bridgehead atoms. The van der Waals surface area contributed by atoms with Crippen LogP contribution >= 0.6 is 22.7 Å². The highest BCUT2D eigenvalue weighted by molar-refractivity contribution is 7.27. The van der Waals surface area contributed by atoms with Crippen LogP contribution in [0.15, 0.2) is 182 Å². The third-order valence-electron chi connectivity index (χ3n) is 11.1. The van der Waals surface area contributed by atoms with E-state index in [4.69, 9.17) is 15.0 Å². The molecule has 0 saturated carbocycles. The van der Waals surface area contributed by atoms with Gasteiger partial charge in [-0.1, -0.05) is 146 Å². The standard InChI is InChI=1S/C51H30N4S2/c1-3-14-31(15-4-1)49-52-50(32-16-5-2-6-17-32)54-51(53-49)40-24-12-22-39-41-30-33(28-29-45(41)56-47(39)40)34-20-11-21-37-38-23-13-27-44(48(38)57-46(34)37)55-42-25-9-7-18-35(42)36-19-8-10-26-43(36)55/h1-30H. The molecule has 6 heteroatoms. The quantitative estimate of drug-likeness (QED) is 0.175. The molecule has 12 aromatic rings. The van der Waals surface area contributed by atoms with Crippen LogP contribution in [-0.4, -0.2) is 19.5 Å². The van der Waals surface area contributed by atoms with Crippen molar-refractivity contribution >= 4 is 84.8 Å². The van der Waals surface area contributed by atoms with Crippen molar-refractivity contribution in [1.29, 1.82) is 0 Å². The zero-order valence-electron chi connectivity index (χ0n) is 30.4. The summed E-state index contributed by atoms with van der Waals surface area (Å²) in [6, 6.07) is 64.8. The Morgan fingerprint density at radius 2 is 0.842 bits per heavy atom. The van der Waals surface area contributed by atoms with Gasteiger partial charge in [-0.25, -0.2) is 15.0 Å². The fraction of sp³-hybridized carbons (Fsp3) is 0. The predicted molar refractivity (Wildman–Crippen MR) is 242 cm³/mol. The van der Waals surface area contributed by atoms with Crippen LogP contribution in [0.25, 0.3) is 113 Å². The average molecular weight is 763 g/mol. The van der Waals surface area contributed by atoms with Crippen LogP contribution < -0.4 is 0 Å². The molecule has 0 radical (unpaired) electrons. The first kappa shape index (κ1) is 32.3. The molecule has 0 aliphatic carbocycles. The molecule has 57 heavy (non-hydrogen) atoms. The Hall–Kier alpha value is -6.99. The van der Waals surface area contributed by atoms with Crippen LogP contribution in [0, 0.1) is 0 Å². The topological polar surface area (TPSA) is 43.6 Å². The van der Waals surface area contributed by atoms with E-state index >= 15 is 0 Å². The van der Waals surface area contributed by atoms with Gasteiger partial charge in [-0.3, -0.25) is 0 Å². The van der Waals surface area contributed by atoms with Gasteiger partial charge in [0.25, 0.3) is 0 Å². The summed E-state index contributed by atoms with van der Waals surface area (Å²) in [4.78, 5) is 15.1. The average Bonchev–Trinajstić information content (AvgIpc) is 3.96. The summed E-state index contributed by atoms with van der Waals surface area (Å²) >= 11 is 3.69. The Morgan fingerprint density at radius 1 is 0.333 bits per heavy atom. The minimum Gasteiger partial charge on any atom is -0.308 e. The van der Waals surface area contributed by atoms with E-state index in [2.05, 4.69) is 150 Å². The smallest absolute Gasteiger partial charge is 0.165 e. The summed E-state index contributed by atoms with van der Waals surface area (Å²) in [5, 5.41) is 7.55. The molecule has 0 aliphatic rings. The van der Waals surface area contributed by atoms with Gasteiger partial charge >= 0.3 is 0 Å². The number of hydrogen-bond acceptors (Lipinski definition) is 5. The summed E-state index contributed by atoms with van der Waals surface area (Å²) in [7, 11) is 0. The highest BCUT2D eigenvalue weighted by Crippen LogP contribution is 2.46. The maximum Gasteiger partial charge on any atom is 0.165 e. The Bertz CT molecular complexity index is 3410. The van der Waals surface area contributed by atoms with Crippen LogP contribution in [0.5, 0.6) is 0 Å². The second-order valence-electron chi connectivity index (χ2n) is 14.3. The van der Waals surface area contributed by atoms with Crippen molar-refractivity contribution in [1.82, 2.24) is 19.5 Å². The molecule has 0 spiro atoms. The first-order chi connectivity index (χ1) is 28.3. The highest BCUT2D eigenvalue weighted by Gasteiger charge is 2.20. The molecule has 8 aromatic carbocycles. The number of hydrogen-bond donors (Lipinski definition) is 0. The first-order valence-corrected chi connectivity index (χ1v) is 20.7. The van der Waals surface area contributed by atoms with Crippen molar-refractivity contribution in [2.24, 2.45) is 0 Å². The van der Waals surface area contributed by atoms with E-state index in [1.165, 1.54) is 79.0 Å². The SMILES string of the molecule is c1ccc(-c2nc(-c3ccccc3)nc(-c3cccc4c3sc3ccc(-c5cccc6c5sc5c(-n7c8ccccc8c8ccccc87)cccc56)cc34)n2)cc1. The zero-order chi connectivity index (χ0) is 37.5. The molecular formula is C51H30N4S2. The molecule has 0 saturated heterocycles. The summed E-state index contributed by atoms with van der Waals surface area (Å²) in [6.45, 7) is 0. The Morgan fingerprint density at radius 3 is 1.51 bits per heavy atom. The third kappa shape index (κ3) is 5.08. The molecule has 12 rings (SSSR count). The molecule has 0 unspecified atom stereocenters. The van der Waals surface area contributed by atoms with Gasteiger partial charge in [0.15, 0.2) is 17.5 Å². The van der Waals surface area contributed by atoms with Gasteiger partial charge in [-0.05, 0) is 47.5 Å². The van der Waals surface area contributed by atoms with E-state index in [0.717, 1.165) is 16.7 Å².